The first-order chi connectivity index (χ1) is 11.9. The number of rotatable bonds is 8. The van der Waals surface area contributed by atoms with Gasteiger partial charge in [0, 0.05) is 11.3 Å². The first kappa shape index (κ1) is 18.7. The van der Waals surface area contributed by atoms with E-state index in [1.807, 2.05) is 31.2 Å². The maximum Gasteiger partial charge on any atom is 0.232 e. The van der Waals surface area contributed by atoms with Gasteiger partial charge in [-0.25, -0.2) is 8.42 Å². The minimum absolute atomic E-state index is 0.00148. The normalized spacial score (nSPS) is 11.4. The standard InChI is InChI=1S/C19H21NO4S/c1-3-24-18-12-5-15(6-13-18)7-14-19(21)16-8-10-17(11-9-16)20-25(22,23)4-2/h5-14,20H,3-4H2,1-2H3/b14-7+. The first-order valence-corrected chi connectivity index (χ1v) is 9.64. The second kappa shape index (κ2) is 8.48. The average Bonchev–Trinajstić information content (AvgIpc) is 2.61. The van der Waals surface area contributed by atoms with Crippen LogP contribution in [0.4, 0.5) is 5.69 Å². The Morgan fingerprint density at radius 1 is 1.04 bits per heavy atom. The smallest absolute Gasteiger partial charge is 0.232 e. The SMILES string of the molecule is CCOc1ccc(/C=C/C(=O)c2ccc(NS(=O)(=O)CC)cc2)cc1. The molecule has 6 heteroatoms. The Morgan fingerprint density at radius 3 is 2.24 bits per heavy atom. The lowest BCUT2D eigenvalue weighted by atomic mass is 10.1. The van der Waals surface area contributed by atoms with Crippen LogP contribution >= 0.6 is 0 Å². The van der Waals surface area contributed by atoms with Gasteiger partial charge in [-0.15, -0.1) is 0 Å². The molecule has 1 N–H and O–H groups in total. The highest BCUT2D eigenvalue weighted by Gasteiger charge is 2.07. The summed E-state index contributed by atoms with van der Waals surface area (Å²) in [4.78, 5) is 12.2. The number of hydrogen-bond acceptors (Lipinski definition) is 4. The van der Waals surface area contributed by atoms with Gasteiger partial charge in [0.25, 0.3) is 0 Å². The van der Waals surface area contributed by atoms with Gasteiger partial charge in [-0.2, -0.15) is 0 Å². The van der Waals surface area contributed by atoms with E-state index in [4.69, 9.17) is 4.74 Å². The Balaban J connectivity index is 2.02. The van der Waals surface area contributed by atoms with E-state index in [1.54, 1.807) is 37.3 Å². The molecule has 2 aromatic carbocycles. The van der Waals surface area contributed by atoms with Crippen LogP contribution in [0.1, 0.15) is 29.8 Å². The lowest BCUT2D eigenvalue weighted by molar-refractivity contribution is 0.104. The van der Waals surface area contributed by atoms with Crippen LogP contribution in [0, 0.1) is 0 Å². The third-order valence-corrected chi connectivity index (χ3v) is 4.75. The van der Waals surface area contributed by atoms with Gasteiger partial charge >= 0.3 is 0 Å². The number of hydrogen-bond donors (Lipinski definition) is 1. The quantitative estimate of drug-likeness (QED) is 0.576. The van der Waals surface area contributed by atoms with Crippen LogP contribution in [0.25, 0.3) is 6.08 Å². The molecule has 0 aliphatic rings. The number of carbonyl (C=O) groups excluding carboxylic acids is 1. The van der Waals surface area contributed by atoms with Crippen LogP contribution in [0.2, 0.25) is 0 Å². The Morgan fingerprint density at radius 2 is 1.68 bits per heavy atom. The molecule has 2 rings (SSSR count). The van der Waals surface area contributed by atoms with Crippen LogP contribution < -0.4 is 9.46 Å². The fourth-order valence-electron chi connectivity index (χ4n) is 2.06. The zero-order valence-corrected chi connectivity index (χ0v) is 15.0. The third kappa shape index (κ3) is 5.76. The molecular formula is C19H21NO4S. The van der Waals surface area contributed by atoms with Gasteiger partial charge in [-0.05, 0) is 61.9 Å². The Bertz CT molecular complexity index is 838. The first-order valence-electron chi connectivity index (χ1n) is 7.99. The summed E-state index contributed by atoms with van der Waals surface area (Å²) >= 11 is 0. The maximum absolute atomic E-state index is 12.2. The molecule has 0 saturated heterocycles. The highest BCUT2D eigenvalue weighted by atomic mass is 32.2. The number of benzene rings is 2. The number of ether oxygens (including phenoxy) is 1. The summed E-state index contributed by atoms with van der Waals surface area (Å²) in [5.74, 6) is 0.633. The van der Waals surface area contributed by atoms with Crippen LogP contribution in [-0.4, -0.2) is 26.6 Å². The summed E-state index contributed by atoms with van der Waals surface area (Å²) < 4.78 is 30.8. The van der Waals surface area contributed by atoms with Gasteiger partial charge in [0.2, 0.25) is 10.0 Å². The Kier molecular flexibility index (Phi) is 6.36. The highest BCUT2D eigenvalue weighted by molar-refractivity contribution is 7.92. The molecule has 25 heavy (non-hydrogen) atoms. The van der Waals surface area contributed by atoms with Crippen molar-refractivity contribution >= 4 is 27.6 Å². The molecule has 0 radical (unpaired) electrons. The summed E-state index contributed by atoms with van der Waals surface area (Å²) in [7, 11) is -3.32. The minimum atomic E-state index is -3.32. The van der Waals surface area contributed by atoms with Gasteiger partial charge in [-0.3, -0.25) is 9.52 Å². The monoisotopic (exact) mass is 359 g/mol. The molecule has 2 aromatic rings. The highest BCUT2D eigenvalue weighted by Crippen LogP contribution is 2.15. The predicted molar refractivity (Wildman–Crippen MR) is 101 cm³/mol. The lowest BCUT2D eigenvalue weighted by Gasteiger charge is -2.06. The summed E-state index contributed by atoms with van der Waals surface area (Å²) in [6.07, 6.45) is 3.21. The van der Waals surface area contributed by atoms with E-state index >= 15 is 0 Å². The van der Waals surface area contributed by atoms with E-state index in [0.717, 1.165) is 11.3 Å². The van der Waals surface area contributed by atoms with Gasteiger partial charge in [0.15, 0.2) is 5.78 Å². The van der Waals surface area contributed by atoms with Crippen molar-refractivity contribution in [3.8, 4) is 5.75 Å². The topological polar surface area (TPSA) is 72.5 Å². The van der Waals surface area contributed by atoms with E-state index in [1.165, 1.54) is 6.08 Å². The van der Waals surface area contributed by atoms with E-state index in [2.05, 4.69) is 4.72 Å². The van der Waals surface area contributed by atoms with Crippen LogP contribution in [0.15, 0.2) is 54.6 Å². The number of allylic oxidation sites excluding steroid dienone is 1. The largest absolute Gasteiger partial charge is 0.494 e. The number of sulfonamides is 1. The number of nitrogens with one attached hydrogen (secondary N) is 1. The Labute approximate surface area is 148 Å². The number of carbonyl (C=O) groups is 1. The van der Waals surface area contributed by atoms with Crippen molar-refractivity contribution in [2.24, 2.45) is 0 Å². The summed E-state index contributed by atoms with van der Waals surface area (Å²) in [5.41, 5.74) is 1.82. The zero-order valence-electron chi connectivity index (χ0n) is 14.2. The summed E-state index contributed by atoms with van der Waals surface area (Å²) in [5, 5.41) is 0. The zero-order chi connectivity index (χ0) is 18.3. The van der Waals surface area contributed by atoms with E-state index < -0.39 is 10.0 Å². The molecule has 0 aliphatic carbocycles. The summed E-state index contributed by atoms with van der Waals surface area (Å²) in [6.45, 7) is 4.09. The van der Waals surface area contributed by atoms with Gasteiger partial charge in [0.1, 0.15) is 5.75 Å². The van der Waals surface area contributed by atoms with Gasteiger partial charge in [-0.1, -0.05) is 18.2 Å². The molecule has 0 aliphatic heterocycles. The molecule has 0 unspecified atom stereocenters. The molecule has 0 spiro atoms. The second-order valence-corrected chi connectivity index (χ2v) is 7.29. The molecule has 0 saturated carbocycles. The maximum atomic E-state index is 12.2. The molecule has 0 fully saturated rings. The number of ketones is 1. The van der Waals surface area contributed by atoms with E-state index in [9.17, 15) is 13.2 Å². The lowest BCUT2D eigenvalue weighted by Crippen LogP contribution is -2.14. The van der Waals surface area contributed by atoms with E-state index in [0.29, 0.717) is 17.9 Å². The van der Waals surface area contributed by atoms with Crippen molar-refractivity contribution in [1.29, 1.82) is 0 Å². The van der Waals surface area contributed by atoms with Crippen molar-refractivity contribution in [3.05, 3.63) is 65.7 Å². The molecular weight excluding hydrogens is 338 g/mol. The molecule has 0 aromatic heterocycles. The molecule has 0 heterocycles. The summed E-state index contributed by atoms with van der Waals surface area (Å²) in [6, 6.07) is 13.8. The second-order valence-electron chi connectivity index (χ2n) is 5.28. The van der Waals surface area contributed by atoms with Crippen molar-refractivity contribution in [1.82, 2.24) is 0 Å². The fourth-order valence-corrected chi connectivity index (χ4v) is 2.70. The van der Waals surface area contributed by atoms with Crippen molar-refractivity contribution < 1.29 is 17.9 Å². The van der Waals surface area contributed by atoms with Gasteiger partial charge < -0.3 is 4.74 Å². The predicted octanol–water partition coefficient (Wildman–Crippen LogP) is 3.74. The average molecular weight is 359 g/mol. The van der Waals surface area contributed by atoms with Crippen molar-refractivity contribution in [2.75, 3.05) is 17.1 Å². The van der Waals surface area contributed by atoms with Crippen LogP contribution in [0.3, 0.4) is 0 Å². The van der Waals surface area contributed by atoms with Crippen LogP contribution in [-0.2, 0) is 10.0 Å². The molecule has 132 valence electrons. The minimum Gasteiger partial charge on any atom is -0.494 e. The third-order valence-electron chi connectivity index (χ3n) is 3.44. The molecule has 0 amide bonds. The van der Waals surface area contributed by atoms with Crippen molar-refractivity contribution in [2.45, 2.75) is 13.8 Å². The molecule has 0 bridgehead atoms. The fraction of sp³-hybridized carbons (Fsp3) is 0.211. The molecule has 5 nitrogen and oxygen atoms in total. The Hall–Kier alpha value is -2.60. The van der Waals surface area contributed by atoms with Gasteiger partial charge in [0.05, 0.1) is 12.4 Å². The number of anilines is 1. The van der Waals surface area contributed by atoms with Crippen molar-refractivity contribution in [3.63, 3.8) is 0 Å². The molecule has 0 atom stereocenters. The van der Waals surface area contributed by atoms with Crippen LogP contribution in [0.5, 0.6) is 5.75 Å². The van der Waals surface area contributed by atoms with E-state index in [-0.39, 0.29) is 11.5 Å².